The quantitative estimate of drug-likeness (QED) is 0.276. The zero-order valence-electron chi connectivity index (χ0n) is 13.1. The third-order valence-electron chi connectivity index (χ3n) is 3.20. The van der Waals surface area contributed by atoms with Gasteiger partial charge in [0.15, 0.2) is 0 Å². The monoisotopic (exact) mass is 326 g/mol. The molecule has 0 radical (unpaired) electrons. The number of Topliss-reactive ketones (excluding diaryl/α,β-unsaturated/α-hetero) is 1. The van der Waals surface area contributed by atoms with Crippen molar-refractivity contribution in [3.05, 3.63) is 64.2 Å². The Balaban J connectivity index is 2.18. The number of carbonyl (C=O) groups is 2. The van der Waals surface area contributed by atoms with E-state index in [1.54, 1.807) is 36.4 Å². The number of hydrogen-bond donors (Lipinski definition) is 0. The van der Waals surface area contributed by atoms with Crippen molar-refractivity contribution in [3.63, 3.8) is 0 Å². The Morgan fingerprint density at radius 1 is 0.958 bits per heavy atom. The molecular weight excluding hydrogens is 312 g/mol. The van der Waals surface area contributed by atoms with Crippen LogP contribution in [0.3, 0.4) is 0 Å². The van der Waals surface area contributed by atoms with Gasteiger partial charge in [-0.15, -0.1) is 0 Å². The number of oxime groups is 1. The van der Waals surface area contributed by atoms with Crippen LogP contribution in [0.1, 0.15) is 24.2 Å². The molecule has 122 valence electrons. The summed E-state index contributed by atoms with van der Waals surface area (Å²) in [6.07, 6.45) is 0. The second-order valence-electron chi connectivity index (χ2n) is 4.97. The fourth-order valence-electron chi connectivity index (χ4n) is 1.97. The average Bonchev–Trinajstić information content (AvgIpc) is 2.59. The van der Waals surface area contributed by atoms with E-state index < -0.39 is 10.9 Å². The largest absolute Gasteiger partial charge is 0.331 e. The number of ketones is 1. The fraction of sp³-hybridized carbons (Fsp3) is 0.118. The van der Waals surface area contributed by atoms with Crippen molar-refractivity contribution in [3.8, 4) is 11.1 Å². The lowest BCUT2D eigenvalue weighted by molar-refractivity contribution is -0.384. The van der Waals surface area contributed by atoms with E-state index in [0.29, 0.717) is 5.56 Å². The third-order valence-corrected chi connectivity index (χ3v) is 3.20. The number of rotatable bonds is 5. The molecule has 0 N–H and O–H groups in total. The minimum atomic E-state index is -0.601. The van der Waals surface area contributed by atoms with Gasteiger partial charge in [-0.25, -0.2) is 4.79 Å². The standard InChI is InChI=1S/C17H14N2O5/c1-11(18-24-12(2)20)17(21)15-5-3-13(4-6-15)14-7-9-16(10-8-14)19(22)23/h3-10H,1-2H3/b18-11-. The zero-order valence-corrected chi connectivity index (χ0v) is 13.1. The summed E-state index contributed by atoms with van der Waals surface area (Å²) in [6.45, 7) is 2.65. The smallest absolute Gasteiger partial charge is 0.318 e. The minimum absolute atomic E-state index is 0.0165. The van der Waals surface area contributed by atoms with Gasteiger partial charge in [0, 0.05) is 24.6 Å². The van der Waals surface area contributed by atoms with Crippen LogP contribution in [-0.2, 0) is 9.63 Å². The SMILES string of the molecule is CC(=O)O/N=C(/C)C(=O)c1ccc(-c2ccc([N+](=O)[O-])cc2)cc1. The Labute approximate surface area is 137 Å². The zero-order chi connectivity index (χ0) is 17.7. The van der Waals surface area contributed by atoms with E-state index in [1.807, 2.05) is 0 Å². The van der Waals surface area contributed by atoms with E-state index in [4.69, 9.17) is 0 Å². The molecule has 2 aromatic carbocycles. The Morgan fingerprint density at radius 2 is 1.46 bits per heavy atom. The van der Waals surface area contributed by atoms with Gasteiger partial charge in [0.1, 0.15) is 5.71 Å². The first-order valence-electron chi connectivity index (χ1n) is 7.00. The first-order chi connectivity index (χ1) is 11.4. The van der Waals surface area contributed by atoms with Gasteiger partial charge in [0.05, 0.1) is 4.92 Å². The van der Waals surface area contributed by atoms with Crippen LogP contribution >= 0.6 is 0 Å². The van der Waals surface area contributed by atoms with E-state index in [0.717, 1.165) is 11.1 Å². The van der Waals surface area contributed by atoms with Gasteiger partial charge in [-0.1, -0.05) is 29.4 Å². The number of nitro groups is 1. The van der Waals surface area contributed by atoms with Crippen molar-refractivity contribution in [2.24, 2.45) is 5.16 Å². The van der Waals surface area contributed by atoms with Crippen molar-refractivity contribution >= 4 is 23.2 Å². The Morgan fingerprint density at radius 3 is 1.92 bits per heavy atom. The maximum atomic E-state index is 12.1. The van der Waals surface area contributed by atoms with Crippen molar-refractivity contribution in [2.75, 3.05) is 0 Å². The second-order valence-corrected chi connectivity index (χ2v) is 4.97. The molecule has 7 nitrogen and oxygen atoms in total. The highest BCUT2D eigenvalue weighted by atomic mass is 16.7. The van der Waals surface area contributed by atoms with Gasteiger partial charge in [-0.3, -0.25) is 14.9 Å². The van der Waals surface area contributed by atoms with Gasteiger partial charge < -0.3 is 4.84 Å². The van der Waals surface area contributed by atoms with Crippen LogP contribution in [0.2, 0.25) is 0 Å². The maximum absolute atomic E-state index is 12.1. The van der Waals surface area contributed by atoms with Crippen molar-refractivity contribution in [2.45, 2.75) is 13.8 Å². The predicted molar refractivity (Wildman–Crippen MR) is 87.7 cm³/mol. The second kappa shape index (κ2) is 7.28. The average molecular weight is 326 g/mol. The summed E-state index contributed by atoms with van der Waals surface area (Å²) >= 11 is 0. The van der Waals surface area contributed by atoms with E-state index in [-0.39, 0.29) is 17.2 Å². The molecule has 24 heavy (non-hydrogen) atoms. The molecule has 0 spiro atoms. The topological polar surface area (TPSA) is 98.9 Å². The van der Waals surface area contributed by atoms with Gasteiger partial charge >= 0.3 is 5.97 Å². The normalized spacial score (nSPS) is 11.0. The molecule has 0 aliphatic heterocycles. The maximum Gasteiger partial charge on any atom is 0.331 e. The molecule has 2 rings (SSSR count). The number of benzene rings is 2. The van der Waals surface area contributed by atoms with E-state index in [9.17, 15) is 19.7 Å². The summed E-state index contributed by atoms with van der Waals surface area (Å²) < 4.78 is 0. The molecule has 0 unspecified atom stereocenters. The molecular formula is C17H14N2O5. The van der Waals surface area contributed by atoms with Crippen LogP contribution in [0, 0.1) is 10.1 Å². The van der Waals surface area contributed by atoms with Crippen LogP contribution in [0.25, 0.3) is 11.1 Å². The van der Waals surface area contributed by atoms with E-state index in [2.05, 4.69) is 9.99 Å². The number of nitrogens with zero attached hydrogens (tertiary/aromatic N) is 2. The van der Waals surface area contributed by atoms with Crippen LogP contribution < -0.4 is 0 Å². The van der Waals surface area contributed by atoms with Gasteiger partial charge in [0.2, 0.25) is 5.78 Å². The van der Waals surface area contributed by atoms with Gasteiger partial charge in [0.25, 0.3) is 5.69 Å². The highest BCUT2D eigenvalue weighted by molar-refractivity contribution is 6.45. The molecule has 0 amide bonds. The third kappa shape index (κ3) is 4.10. The molecule has 0 fully saturated rings. The Hall–Kier alpha value is -3.35. The molecule has 0 saturated carbocycles. The summed E-state index contributed by atoms with van der Waals surface area (Å²) in [4.78, 5) is 37.5. The lowest BCUT2D eigenvalue weighted by Gasteiger charge is -2.04. The first kappa shape index (κ1) is 17.0. The molecule has 0 aromatic heterocycles. The number of hydrogen-bond acceptors (Lipinski definition) is 6. The molecule has 0 bridgehead atoms. The lowest BCUT2D eigenvalue weighted by Crippen LogP contribution is -2.11. The summed E-state index contributed by atoms with van der Waals surface area (Å²) in [6, 6.07) is 12.8. The highest BCUT2D eigenvalue weighted by Crippen LogP contribution is 2.23. The number of non-ortho nitro benzene ring substituents is 1. The summed E-state index contributed by atoms with van der Waals surface area (Å²) in [5.41, 5.74) is 2.09. The fourth-order valence-corrected chi connectivity index (χ4v) is 1.97. The molecule has 0 heterocycles. The Kier molecular flexibility index (Phi) is 5.16. The van der Waals surface area contributed by atoms with E-state index >= 15 is 0 Å². The molecule has 0 aliphatic rings. The van der Waals surface area contributed by atoms with Crippen LogP contribution in [0.5, 0.6) is 0 Å². The minimum Gasteiger partial charge on any atom is -0.318 e. The van der Waals surface area contributed by atoms with Crippen LogP contribution in [0.4, 0.5) is 5.69 Å². The van der Waals surface area contributed by atoms with Crippen LogP contribution in [-0.4, -0.2) is 22.4 Å². The summed E-state index contributed by atoms with van der Waals surface area (Å²) in [5, 5.41) is 14.1. The highest BCUT2D eigenvalue weighted by Gasteiger charge is 2.11. The summed E-state index contributed by atoms with van der Waals surface area (Å²) in [5.74, 6) is -0.956. The molecule has 7 heteroatoms. The summed E-state index contributed by atoms with van der Waals surface area (Å²) in [7, 11) is 0. The predicted octanol–water partition coefficient (Wildman–Crippen LogP) is 3.38. The molecule has 0 saturated heterocycles. The van der Waals surface area contributed by atoms with E-state index in [1.165, 1.54) is 26.0 Å². The van der Waals surface area contributed by atoms with Gasteiger partial charge in [-0.2, -0.15) is 0 Å². The lowest BCUT2D eigenvalue weighted by atomic mass is 10.0. The number of nitro benzene ring substituents is 1. The Bertz CT molecular complexity index is 808. The van der Waals surface area contributed by atoms with Crippen molar-refractivity contribution in [1.29, 1.82) is 0 Å². The molecule has 0 aliphatic carbocycles. The first-order valence-corrected chi connectivity index (χ1v) is 7.00. The van der Waals surface area contributed by atoms with Crippen LogP contribution in [0.15, 0.2) is 53.7 Å². The molecule has 0 atom stereocenters. The molecule has 2 aromatic rings. The van der Waals surface area contributed by atoms with Crippen molar-refractivity contribution in [1.82, 2.24) is 0 Å². The van der Waals surface area contributed by atoms with Gasteiger partial charge in [-0.05, 0) is 30.2 Å². The van der Waals surface area contributed by atoms with Crippen molar-refractivity contribution < 1.29 is 19.3 Å². The number of carbonyl (C=O) groups excluding carboxylic acids is 2.